The maximum absolute atomic E-state index is 12.0. The van der Waals surface area contributed by atoms with Crippen molar-refractivity contribution in [2.24, 2.45) is 11.1 Å². The zero-order valence-corrected chi connectivity index (χ0v) is 12.5. The number of aryl methyl sites for hydroxylation is 2. The van der Waals surface area contributed by atoms with Gasteiger partial charge in [-0.25, -0.2) is 0 Å². The lowest BCUT2D eigenvalue weighted by Gasteiger charge is -2.26. The number of rotatable bonds is 3. The average Bonchev–Trinajstić information content (AvgIpc) is 3.17. The van der Waals surface area contributed by atoms with Crippen LogP contribution in [0.3, 0.4) is 0 Å². The summed E-state index contributed by atoms with van der Waals surface area (Å²) in [6.07, 6.45) is 1.65. The number of esters is 1. The number of methoxy groups -OCH3 is 1. The molecule has 0 amide bonds. The topological polar surface area (TPSA) is 52.3 Å². The fourth-order valence-corrected chi connectivity index (χ4v) is 2.97. The molecule has 0 radical (unpaired) electrons. The van der Waals surface area contributed by atoms with Crippen molar-refractivity contribution >= 4 is 5.97 Å². The van der Waals surface area contributed by atoms with Gasteiger partial charge in [0.2, 0.25) is 0 Å². The first-order chi connectivity index (χ1) is 8.85. The molecule has 0 heterocycles. The van der Waals surface area contributed by atoms with E-state index in [0.29, 0.717) is 0 Å². The monoisotopic (exact) mass is 261 g/mol. The van der Waals surface area contributed by atoms with E-state index in [2.05, 4.69) is 33.8 Å². The molecule has 0 bridgehead atoms. The highest BCUT2D eigenvalue weighted by Gasteiger charge is 2.56. The average molecular weight is 261 g/mol. The van der Waals surface area contributed by atoms with Gasteiger partial charge in [0, 0.05) is 6.04 Å². The van der Waals surface area contributed by atoms with E-state index in [9.17, 15) is 4.79 Å². The van der Waals surface area contributed by atoms with Gasteiger partial charge in [-0.15, -0.1) is 0 Å². The Hall–Kier alpha value is -1.35. The van der Waals surface area contributed by atoms with Crippen LogP contribution >= 0.6 is 0 Å². The normalized spacial score (nSPS) is 18.0. The van der Waals surface area contributed by atoms with Crippen LogP contribution in [0.4, 0.5) is 0 Å². The van der Waals surface area contributed by atoms with E-state index in [-0.39, 0.29) is 12.0 Å². The third-order valence-electron chi connectivity index (χ3n) is 4.71. The van der Waals surface area contributed by atoms with Gasteiger partial charge in [0.25, 0.3) is 0 Å². The summed E-state index contributed by atoms with van der Waals surface area (Å²) in [4.78, 5) is 12.0. The molecule has 0 aromatic heterocycles. The van der Waals surface area contributed by atoms with Crippen LogP contribution in [-0.4, -0.2) is 13.1 Å². The van der Waals surface area contributed by atoms with Crippen LogP contribution in [0.1, 0.15) is 46.7 Å². The lowest BCUT2D eigenvalue weighted by atomic mass is 9.83. The molecule has 1 saturated carbocycles. The molecule has 2 rings (SSSR count). The van der Waals surface area contributed by atoms with E-state index in [1.165, 1.54) is 29.4 Å². The highest BCUT2D eigenvalue weighted by atomic mass is 16.5. The Morgan fingerprint density at radius 2 is 1.68 bits per heavy atom. The Kier molecular flexibility index (Phi) is 3.43. The summed E-state index contributed by atoms with van der Waals surface area (Å²) in [6, 6.07) is 1.91. The Labute approximate surface area is 115 Å². The summed E-state index contributed by atoms with van der Waals surface area (Å²) in [6.45, 7) is 8.36. The van der Waals surface area contributed by atoms with Crippen molar-refractivity contribution in [2.45, 2.75) is 46.6 Å². The Morgan fingerprint density at radius 1 is 1.21 bits per heavy atom. The van der Waals surface area contributed by atoms with Crippen molar-refractivity contribution < 1.29 is 9.53 Å². The molecule has 1 aliphatic carbocycles. The van der Waals surface area contributed by atoms with Gasteiger partial charge in [-0.2, -0.15) is 0 Å². The van der Waals surface area contributed by atoms with Crippen LogP contribution in [0.25, 0.3) is 0 Å². The number of carbonyl (C=O) groups is 1. The van der Waals surface area contributed by atoms with E-state index in [1.54, 1.807) is 0 Å². The predicted molar refractivity (Wildman–Crippen MR) is 76.0 cm³/mol. The lowest BCUT2D eigenvalue weighted by molar-refractivity contribution is -0.148. The highest BCUT2D eigenvalue weighted by Crippen LogP contribution is 2.55. The van der Waals surface area contributed by atoms with E-state index in [0.717, 1.165) is 18.4 Å². The number of carbonyl (C=O) groups excluding carboxylic acids is 1. The fraction of sp³-hybridized carbons (Fsp3) is 0.562. The lowest BCUT2D eigenvalue weighted by Crippen LogP contribution is -2.32. The fourth-order valence-electron chi connectivity index (χ4n) is 2.97. The van der Waals surface area contributed by atoms with Gasteiger partial charge in [-0.3, -0.25) is 4.79 Å². The van der Waals surface area contributed by atoms with Crippen LogP contribution in [0, 0.1) is 33.1 Å². The van der Waals surface area contributed by atoms with Gasteiger partial charge in [0.1, 0.15) is 0 Å². The van der Waals surface area contributed by atoms with Crippen LogP contribution in [0.15, 0.2) is 6.07 Å². The van der Waals surface area contributed by atoms with Gasteiger partial charge in [-0.05, 0) is 68.4 Å². The minimum Gasteiger partial charge on any atom is -0.469 e. The first-order valence-corrected chi connectivity index (χ1v) is 6.76. The van der Waals surface area contributed by atoms with Crippen molar-refractivity contribution in [3.8, 4) is 0 Å². The second-order valence-electron chi connectivity index (χ2n) is 5.80. The molecule has 2 N–H and O–H groups in total. The second kappa shape index (κ2) is 4.64. The summed E-state index contributed by atoms with van der Waals surface area (Å²) in [5, 5.41) is 0. The molecular weight excluding hydrogens is 238 g/mol. The zero-order chi connectivity index (χ0) is 14.4. The first kappa shape index (κ1) is 14.1. The molecule has 1 fully saturated rings. The molecule has 0 saturated heterocycles. The number of nitrogens with two attached hydrogens (primary N) is 1. The minimum absolute atomic E-state index is 0.169. The van der Waals surface area contributed by atoms with E-state index < -0.39 is 5.41 Å². The van der Waals surface area contributed by atoms with Crippen LogP contribution in [-0.2, 0) is 9.53 Å². The summed E-state index contributed by atoms with van der Waals surface area (Å²) in [7, 11) is 1.44. The summed E-state index contributed by atoms with van der Waals surface area (Å²) in [5.41, 5.74) is 11.9. The third-order valence-corrected chi connectivity index (χ3v) is 4.71. The largest absolute Gasteiger partial charge is 0.469 e. The Bertz CT molecular complexity index is 504. The second-order valence-corrected chi connectivity index (χ2v) is 5.80. The number of ether oxygens (including phenoxy) is 1. The molecule has 1 unspecified atom stereocenters. The predicted octanol–water partition coefficient (Wildman–Crippen LogP) is 2.87. The third kappa shape index (κ3) is 2.06. The standard InChI is InChI=1S/C16H23NO2/c1-9-8-10(2)12(4)13(11(9)3)14(17)16(6-7-16)15(18)19-5/h8,14H,6-7,17H2,1-5H3. The minimum atomic E-state index is -0.496. The summed E-state index contributed by atoms with van der Waals surface area (Å²) < 4.78 is 4.94. The SMILES string of the molecule is COC(=O)C1(C(N)c2c(C)c(C)cc(C)c2C)CC1. The van der Waals surface area contributed by atoms with Crippen molar-refractivity contribution in [3.63, 3.8) is 0 Å². The summed E-state index contributed by atoms with van der Waals surface area (Å²) in [5.74, 6) is -0.169. The van der Waals surface area contributed by atoms with E-state index in [1.807, 2.05) is 0 Å². The quantitative estimate of drug-likeness (QED) is 0.851. The number of hydrogen-bond donors (Lipinski definition) is 1. The van der Waals surface area contributed by atoms with E-state index >= 15 is 0 Å². The van der Waals surface area contributed by atoms with Gasteiger partial charge in [0.15, 0.2) is 0 Å². The molecule has 3 heteroatoms. The molecular formula is C16H23NO2. The van der Waals surface area contributed by atoms with Gasteiger partial charge in [0.05, 0.1) is 12.5 Å². The maximum Gasteiger partial charge on any atom is 0.313 e. The smallest absolute Gasteiger partial charge is 0.313 e. The molecule has 1 aromatic rings. The molecule has 1 aliphatic rings. The maximum atomic E-state index is 12.0. The molecule has 104 valence electrons. The van der Waals surface area contributed by atoms with Crippen molar-refractivity contribution in [1.29, 1.82) is 0 Å². The van der Waals surface area contributed by atoms with Crippen molar-refractivity contribution in [3.05, 3.63) is 33.9 Å². The van der Waals surface area contributed by atoms with Crippen molar-refractivity contribution in [2.75, 3.05) is 7.11 Å². The number of benzene rings is 1. The molecule has 1 aromatic carbocycles. The Balaban J connectivity index is 2.51. The van der Waals surface area contributed by atoms with Crippen LogP contribution < -0.4 is 5.73 Å². The molecule has 1 atom stereocenters. The van der Waals surface area contributed by atoms with Gasteiger partial charge >= 0.3 is 5.97 Å². The highest BCUT2D eigenvalue weighted by molar-refractivity contribution is 5.81. The Morgan fingerprint density at radius 3 is 2.05 bits per heavy atom. The first-order valence-electron chi connectivity index (χ1n) is 6.76. The molecule has 3 nitrogen and oxygen atoms in total. The molecule has 0 aliphatic heterocycles. The molecule has 0 spiro atoms. The summed E-state index contributed by atoms with van der Waals surface area (Å²) >= 11 is 0. The zero-order valence-electron chi connectivity index (χ0n) is 12.5. The van der Waals surface area contributed by atoms with E-state index in [4.69, 9.17) is 10.5 Å². The van der Waals surface area contributed by atoms with Crippen LogP contribution in [0.2, 0.25) is 0 Å². The number of hydrogen-bond acceptors (Lipinski definition) is 3. The van der Waals surface area contributed by atoms with Gasteiger partial charge < -0.3 is 10.5 Å². The molecule has 19 heavy (non-hydrogen) atoms. The van der Waals surface area contributed by atoms with Crippen LogP contribution in [0.5, 0.6) is 0 Å². The van der Waals surface area contributed by atoms with Gasteiger partial charge in [-0.1, -0.05) is 6.07 Å². The van der Waals surface area contributed by atoms with Crippen molar-refractivity contribution in [1.82, 2.24) is 0 Å².